The summed E-state index contributed by atoms with van der Waals surface area (Å²) in [6.45, 7) is 0. The minimum atomic E-state index is -0.0459. The van der Waals surface area contributed by atoms with E-state index in [1.165, 1.54) is 0 Å². The van der Waals surface area contributed by atoms with Crippen LogP contribution in [0.25, 0.3) is 11.0 Å². The molecule has 102 valence electrons. The van der Waals surface area contributed by atoms with Crippen LogP contribution in [0.5, 0.6) is 0 Å². The van der Waals surface area contributed by atoms with Crippen molar-refractivity contribution in [1.29, 1.82) is 0 Å². The van der Waals surface area contributed by atoms with Crippen LogP contribution in [0, 0.1) is 0 Å². The minimum Gasteiger partial charge on any atom is -0.459 e. The van der Waals surface area contributed by atoms with Gasteiger partial charge in [0.15, 0.2) is 0 Å². The second-order valence-electron chi connectivity index (χ2n) is 4.57. The molecule has 0 aliphatic heterocycles. The molecule has 0 spiro atoms. The predicted octanol–water partition coefficient (Wildman–Crippen LogP) is 5.16. The molecule has 0 aliphatic carbocycles. The van der Waals surface area contributed by atoms with Crippen molar-refractivity contribution < 1.29 is 4.42 Å². The zero-order chi connectivity index (χ0) is 14.1. The van der Waals surface area contributed by atoms with E-state index in [4.69, 9.17) is 16.0 Å². The maximum Gasteiger partial charge on any atom is 0.134 e. The van der Waals surface area contributed by atoms with Crippen molar-refractivity contribution in [2.24, 2.45) is 0 Å². The first kappa shape index (κ1) is 13.7. The Morgan fingerprint density at radius 1 is 1.15 bits per heavy atom. The maximum absolute atomic E-state index is 6.10. The molecule has 0 radical (unpaired) electrons. The molecule has 2 nitrogen and oxygen atoms in total. The van der Waals surface area contributed by atoms with Gasteiger partial charge in [-0.1, -0.05) is 45.7 Å². The van der Waals surface area contributed by atoms with Crippen molar-refractivity contribution in [3.63, 3.8) is 0 Å². The summed E-state index contributed by atoms with van der Waals surface area (Å²) < 4.78 is 6.95. The van der Waals surface area contributed by atoms with Gasteiger partial charge in [0.25, 0.3) is 0 Å². The molecule has 1 atom stereocenters. The monoisotopic (exact) mass is 349 g/mol. The maximum atomic E-state index is 6.10. The van der Waals surface area contributed by atoms with Crippen molar-refractivity contribution in [2.45, 2.75) is 6.04 Å². The quantitative estimate of drug-likeness (QED) is 0.706. The Morgan fingerprint density at radius 2 is 1.95 bits per heavy atom. The smallest absolute Gasteiger partial charge is 0.134 e. The van der Waals surface area contributed by atoms with Crippen LogP contribution in [-0.4, -0.2) is 7.05 Å². The van der Waals surface area contributed by atoms with Gasteiger partial charge in [-0.2, -0.15) is 0 Å². The Morgan fingerprint density at radius 3 is 2.70 bits per heavy atom. The van der Waals surface area contributed by atoms with Crippen LogP contribution in [0.1, 0.15) is 17.4 Å². The lowest BCUT2D eigenvalue weighted by Gasteiger charge is -2.16. The second-order valence-corrected chi connectivity index (χ2v) is 5.86. The van der Waals surface area contributed by atoms with Crippen molar-refractivity contribution in [3.8, 4) is 0 Å². The van der Waals surface area contributed by atoms with Crippen LogP contribution < -0.4 is 5.32 Å². The van der Waals surface area contributed by atoms with Gasteiger partial charge >= 0.3 is 0 Å². The fourth-order valence-corrected chi connectivity index (χ4v) is 2.99. The van der Waals surface area contributed by atoms with E-state index in [-0.39, 0.29) is 6.04 Å². The van der Waals surface area contributed by atoms with Crippen LogP contribution >= 0.6 is 27.5 Å². The summed E-state index contributed by atoms with van der Waals surface area (Å²) >= 11 is 9.68. The average Bonchev–Trinajstić information content (AvgIpc) is 2.87. The van der Waals surface area contributed by atoms with Gasteiger partial charge in [0.05, 0.1) is 6.04 Å². The standard InChI is InChI=1S/C16H13BrClNO/c1-19-16(12-9-11(18)6-7-13(12)17)15-8-10-4-2-3-5-14(10)20-15/h2-9,16,19H,1H3. The van der Waals surface area contributed by atoms with Gasteiger partial charge in [-0.05, 0) is 42.9 Å². The summed E-state index contributed by atoms with van der Waals surface area (Å²) in [6.07, 6.45) is 0. The Hall–Kier alpha value is -1.29. The summed E-state index contributed by atoms with van der Waals surface area (Å²) in [4.78, 5) is 0. The Kier molecular flexibility index (Phi) is 3.83. The fraction of sp³-hybridized carbons (Fsp3) is 0.125. The molecule has 20 heavy (non-hydrogen) atoms. The van der Waals surface area contributed by atoms with E-state index in [0.29, 0.717) is 5.02 Å². The summed E-state index contributed by atoms with van der Waals surface area (Å²) in [7, 11) is 1.91. The fourth-order valence-electron chi connectivity index (χ4n) is 2.33. The molecule has 0 bridgehead atoms. The average molecular weight is 351 g/mol. The van der Waals surface area contributed by atoms with E-state index in [9.17, 15) is 0 Å². The number of halogens is 2. The number of furan rings is 1. The SMILES string of the molecule is CNC(c1cc2ccccc2o1)c1cc(Cl)ccc1Br. The lowest BCUT2D eigenvalue weighted by Crippen LogP contribution is -2.17. The first-order chi connectivity index (χ1) is 9.69. The zero-order valence-corrected chi connectivity index (χ0v) is 13.2. The molecule has 1 heterocycles. The van der Waals surface area contributed by atoms with Crippen LogP contribution in [0.15, 0.2) is 57.4 Å². The molecular weight excluding hydrogens is 338 g/mol. The third-order valence-corrected chi connectivity index (χ3v) is 4.24. The molecule has 4 heteroatoms. The van der Waals surface area contributed by atoms with E-state index in [1.807, 2.05) is 49.5 Å². The molecule has 1 aromatic heterocycles. The van der Waals surface area contributed by atoms with Gasteiger partial charge < -0.3 is 9.73 Å². The Labute approximate surface area is 130 Å². The molecule has 3 rings (SSSR count). The van der Waals surface area contributed by atoms with Crippen molar-refractivity contribution in [1.82, 2.24) is 5.32 Å². The minimum absolute atomic E-state index is 0.0459. The summed E-state index contributed by atoms with van der Waals surface area (Å²) in [5, 5.41) is 5.09. The van der Waals surface area contributed by atoms with Crippen LogP contribution in [0.3, 0.4) is 0 Å². The highest BCUT2D eigenvalue weighted by Crippen LogP contribution is 2.33. The van der Waals surface area contributed by atoms with Crippen LogP contribution in [-0.2, 0) is 0 Å². The number of hydrogen-bond donors (Lipinski definition) is 1. The Bertz CT molecular complexity index is 720. The van der Waals surface area contributed by atoms with E-state index in [1.54, 1.807) is 0 Å². The van der Waals surface area contributed by atoms with Crippen LogP contribution in [0.2, 0.25) is 5.02 Å². The van der Waals surface area contributed by atoms with Gasteiger partial charge in [0.2, 0.25) is 0 Å². The third-order valence-electron chi connectivity index (χ3n) is 3.29. The highest BCUT2D eigenvalue weighted by Gasteiger charge is 2.19. The topological polar surface area (TPSA) is 25.2 Å². The highest BCUT2D eigenvalue weighted by molar-refractivity contribution is 9.10. The molecule has 0 aliphatic rings. The number of nitrogens with one attached hydrogen (secondary N) is 1. The number of fused-ring (bicyclic) bond motifs is 1. The molecule has 1 N–H and O–H groups in total. The van der Waals surface area contributed by atoms with E-state index < -0.39 is 0 Å². The summed E-state index contributed by atoms with van der Waals surface area (Å²) in [5.41, 5.74) is 1.94. The van der Waals surface area contributed by atoms with E-state index >= 15 is 0 Å². The number of rotatable bonds is 3. The summed E-state index contributed by atoms with van der Waals surface area (Å²) in [6, 6.07) is 15.8. The van der Waals surface area contributed by atoms with Gasteiger partial charge in [-0.15, -0.1) is 0 Å². The van der Waals surface area contributed by atoms with Gasteiger partial charge in [-0.3, -0.25) is 0 Å². The normalized spacial score (nSPS) is 12.8. The molecule has 0 saturated heterocycles. The molecular formula is C16H13BrClNO. The number of para-hydroxylation sites is 1. The van der Waals surface area contributed by atoms with Crippen molar-refractivity contribution in [2.75, 3.05) is 7.05 Å². The van der Waals surface area contributed by atoms with Crippen molar-refractivity contribution >= 4 is 38.5 Å². The molecule has 2 aromatic carbocycles. The van der Waals surface area contributed by atoms with Gasteiger partial charge in [0, 0.05) is 14.9 Å². The lowest BCUT2D eigenvalue weighted by atomic mass is 10.0. The predicted molar refractivity (Wildman–Crippen MR) is 86.3 cm³/mol. The summed E-state index contributed by atoms with van der Waals surface area (Å²) in [5.74, 6) is 0.872. The van der Waals surface area contributed by atoms with Gasteiger partial charge in [0.1, 0.15) is 11.3 Å². The first-order valence-electron chi connectivity index (χ1n) is 6.29. The highest BCUT2D eigenvalue weighted by atomic mass is 79.9. The number of hydrogen-bond acceptors (Lipinski definition) is 2. The molecule has 0 saturated carbocycles. The largest absolute Gasteiger partial charge is 0.459 e. The first-order valence-corrected chi connectivity index (χ1v) is 7.47. The van der Waals surface area contributed by atoms with Crippen LogP contribution in [0.4, 0.5) is 0 Å². The van der Waals surface area contributed by atoms with Gasteiger partial charge in [-0.25, -0.2) is 0 Å². The van der Waals surface area contributed by atoms with E-state index in [0.717, 1.165) is 26.8 Å². The molecule has 3 aromatic rings. The van der Waals surface area contributed by atoms with Crippen molar-refractivity contribution in [3.05, 3.63) is 69.3 Å². The van der Waals surface area contributed by atoms with E-state index in [2.05, 4.69) is 27.3 Å². The third kappa shape index (κ3) is 2.49. The second kappa shape index (κ2) is 5.60. The number of benzene rings is 2. The molecule has 1 unspecified atom stereocenters. The zero-order valence-electron chi connectivity index (χ0n) is 10.9. The molecule has 0 amide bonds. The lowest BCUT2D eigenvalue weighted by molar-refractivity contribution is 0.491. The molecule has 0 fully saturated rings. The Balaban J connectivity index is 2.11.